The number of hydrogen-bond donors (Lipinski definition) is 0. The lowest BCUT2D eigenvalue weighted by atomic mass is 10.2. The summed E-state index contributed by atoms with van der Waals surface area (Å²) in [6.07, 6.45) is 1.56. The van der Waals surface area contributed by atoms with Crippen LogP contribution in [0.5, 0.6) is 0 Å². The SMILES string of the molecule is O=c1nc(N2CCN(c3ccc(F)cc3)CC2)ncn1Cc1cc(Br)cs1. The van der Waals surface area contributed by atoms with Crippen molar-refractivity contribution in [3.63, 3.8) is 0 Å². The van der Waals surface area contributed by atoms with E-state index in [0.29, 0.717) is 25.6 Å². The van der Waals surface area contributed by atoms with E-state index < -0.39 is 0 Å². The van der Waals surface area contributed by atoms with Crippen LogP contribution in [0.2, 0.25) is 0 Å². The maximum absolute atomic E-state index is 13.1. The Kier molecular flexibility index (Phi) is 5.22. The van der Waals surface area contributed by atoms with Crippen molar-refractivity contribution in [1.29, 1.82) is 0 Å². The highest BCUT2D eigenvalue weighted by Gasteiger charge is 2.20. The minimum absolute atomic E-state index is 0.235. The van der Waals surface area contributed by atoms with Crippen LogP contribution >= 0.6 is 27.3 Å². The molecule has 0 unspecified atom stereocenters. The molecule has 9 heteroatoms. The van der Waals surface area contributed by atoms with E-state index in [1.807, 2.05) is 16.3 Å². The number of thiophene rings is 1. The third kappa shape index (κ3) is 4.19. The second-order valence-corrected chi connectivity index (χ2v) is 8.16. The van der Waals surface area contributed by atoms with Crippen LogP contribution in [-0.2, 0) is 6.54 Å². The summed E-state index contributed by atoms with van der Waals surface area (Å²) in [5.41, 5.74) is 0.694. The third-order valence-corrected chi connectivity index (χ3v) is 6.14. The van der Waals surface area contributed by atoms with Gasteiger partial charge in [-0.05, 0) is 46.3 Å². The van der Waals surface area contributed by atoms with E-state index in [1.54, 1.807) is 29.8 Å². The second kappa shape index (κ2) is 7.77. The number of halogens is 2. The Morgan fingerprint density at radius 3 is 2.44 bits per heavy atom. The van der Waals surface area contributed by atoms with Crippen LogP contribution in [0.15, 0.2) is 51.3 Å². The maximum atomic E-state index is 13.1. The Morgan fingerprint density at radius 2 is 1.81 bits per heavy atom. The van der Waals surface area contributed by atoms with Crippen molar-refractivity contribution in [2.24, 2.45) is 0 Å². The monoisotopic (exact) mass is 449 g/mol. The molecule has 1 fully saturated rings. The largest absolute Gasteiger partial charge is 0.368 e. The molecule has 0 aliphatic carbocycles. The Balaban J connectivity index is 1.41. The molecular formula is C18H17BrFN5OS. The number of hydrogen-bond acceptors (Lipinski definition) is 6. The lowest BCUT2D eigenvalue weighted by Crippen LogP contribution is -2.47. The van der Waals surface area contributed by atoms with Gasteiger partial charge < -0.3 is 9.80 Å². The fraction of sp³-hybridized carbons (Fsp3) is 0.278. The average Bonchev–Trinajstić information content (AvgIpc) is 3.09. The van der Waals surface area contributed by atoms with Crippen LogP contribution < -0.4 is 15.5 Å². The van der Waals surface area contributed by atoms with Crippen molar-refractivity contribution in [2.45, 2.75) is 6.54 Å². The third-order valence-electron chi connectivity index (χ3n) is 4.46. The van der Waals surface area contributed by atoms with Crippen molar-refractivity contribution < 1.29 is 4.39 Å². The molecule has 0 N–H and O–H groups in total. The molecule has 140 valence electrons. The standard InChI is InChI=1S/C18H17BrFN5OS/c19-13-9-16(27-11-13)10-25-12-21-17(22-18(25)26)24-7-5-23(6-8-24)15-3-1-14(20)2-4-15/h1-4,9,11-12H,5-8,10H2. The summed E-state index contributed by atoms with van der Waals surface area (Å²) >= 11 is 5.00. The Morgan fingerprint density at radius 1 is 1.11 bits per heavy atom. The van der Waals surface area contributed by atoms with Gasteiger partial charge >= 0.3 is 5.69 Å². The first-order valence-corrected chi connectivity index (χ1v) is 10.2. The van der Waals surface area contributed by atoms with Crippen LogP contribution in [0, 0.1) is 5.82 Å². The molecule has 3 aromatic rings. The van der Waals surface area contributed by atoms with E-state index in [9.17, 15) is 9.18 Å². The molecular weight excluding hydrogens is 433 g/mol. The van der Waals surface area contributed by atoms with E-state index in [1.165, 1.54) is 16.7 Å². The van der Waals surface area contributed by atoms with E-state index in [0.717, 1.165) is 28.1 Å². The predicted molar refractivity (Wildman–Crippen MR) is 108 cm³/mol. The van der Waals surface area contributed by atoms with Gasteiger partial charge in [0.25, 0.3) is 0 Å². The molecule has 0 saturated carbocycles. The molecule has 0 amide bonds. The molecule has 4 rings (SSSR count). The quantitative estimate of drug-likeness (QED) is 0.612. The molecule has 0 atom stereocenters. The summed E-state index contributed by atoms with van der Waals surface area (Å²) in [5.74, 6) is 0.226. The molecule has 0 bridgehead atoms. The van der Waals surface area contributed by atoms with E-state index in [-0.39, 0.29) is 11.5 Å². The summed E-state index contributed by atoms with van der Waals surface area (Å²) in [5, 5.41) is 1.98. The van der Waals surface area contributed by atoms with Gasteiger partial charge in [0.05, 0.1) is 6.54 Å². The molecule has 1 saturated heterocycles. The fourth-order valence-corrected chi connectivity index (χ4v) is 4.48. The summed E-state index contributed by atoms with van der Waals surface area (Å²) in [4.78, 5) is 26.1. The van der Waals surface area contributed by atoms with Crippen molar-refractivity contribution in [1.82, 2.24) is 14.5 Å². The summed E-state index contributed by atoms with van der Waals surface area (Å²) in [6, 6.07) is 8.49. The molecule has 1 aliphatic heterocycles. The van der Waals surface area contributed by atoms with E-state index in [2.05, 4.69) is 30.8 Å². The Bertz CT molecular complexity index is 982. The zero-order valence-electron chi connectivity index (χ0n) is 14.4. The minimum Gasteiger partial charge on any atom is -0.368 e. The van der Waals surface area contributed by atoms with Gasteiger partial charge in [-0.1, -0.05) is 0 Å². The zero-order valence-corrected chi connectivity index (χ0v) is 16.8. The lowest BCUT2D eigenvalue weighted by molar-refractivity contribution is 0.617. The van der Waals surface area contributed by atoms with Gasteiger partial charge in [0.2, 0.25) is 5.95 Å². The highest BCUT2D eigenvalue weighted by atomic mass is 79.9. The fourth-order valence-electron chi connectivity index (χ4n) is 3.03. The first kappa shape index (κ1) is 18.1. The average molecular weight is 450 g/mol. The predicted octanol–water partition coefficient (Wildman–Crippen LogP) is 2.98. The zero-order chi connectivity index (χ0) is 18.8. The van der Waals surface area contributed by atoms with Crippen LogP contribution in [0.4, 0.5) is 16.0 Å². The highest BCUT2D eigenvalue weighted by molar-refractivity contribution is 9.10. The minimum atomic E-state index is -0.300. The van der Waals surface area contributed by atoms with Crippen LogP contribution in [0.1, 0.15) is 4.88 Å². The number of piperazine rings is 1. The molecule has 6 nitrogen and oxygen atoms in total. The number of anilines is 2. The maximum Gasteiger partial charge on any atom is 0.352 e. The molecule has 1 aliphatic rings. The molecule has 0 spiro atoms. The molecule has 27 heavy (non-hydrogen) atoms. The van der Waals surface area contributed by atoms with Gasteiger partial charge in [0.15, 0.2) is 0 Å². The molecule has 0 radical (unpaired) electrons. The van der Waals surface area contributed by atoms with Crippen LogP contribution in [0.3, 0.4) is 0 Å². The summed E-state index contributed by atoms with van der Waals surface area (Å²) < 4.78 is 15.6. The van der Waals surface area contributed by atoms with Gasteiger partial charge in [0, 0.05) is 46.6 Å². The van der Waals surface area contributed by atoms with Crippen molar-refractivity contribution in [3.8, 4) is 0 Å². The first-order valence-electron chi connectivity index (χ1n) is 8.50. The number of nitrogens with zero attached hydrogens (tertiary/aromatic N) is 5. The molecule has 2 aromatic heterocycles. The Hall–Kier alpha value is -2.26. The van der Waals surface area contributed by atoms with Gasteiger partial charge in [-0.25, -0.2) is 14.2 Å². The highest BCUT2D eigenvalue weighted by Crippen LogP contribution is 2.20. The lowest BCUT2D eigenvalue weighted by Gasteiger charge is -2.36. The van der Waals surface area contributed by atoms with Gasteiger partial charge in [-0.3, -0.25) is 4.57 Å². The molecule has 1 aromatic carbocycles. The summed E-state index contributed by atoms with van der Waals surface area (Å²) in [6.45, 7) is 3.41. The van der Waals surface area contributed by atoms with Gasteiger partial charge in [-0.2, -0.15) is 4.98 Å². The number of benzene rings is 1. The topological polar surface area (TPSA) is 54.3 Å². The summed E-state index contributed by atoms with van der Waals surface area (Å²) in [7, 11) is 0. The molecule has 3 heterocycles. The van der Waals surface area contributed by atoms with Crippen molar-refractivity contribution in [2.75, 3.05) is 36.0 Å². The van der Waals surface area contributed by atoms with Gasteiger partial charge in [-0.15, -0.1) is 11.3 Å². The second-order valence-electron chi connectivity index (χ2n) is 6.25. The Labute approximate surface area is 168 Å². The van der Waals surface area contributed by atoms with E-state index >= 15 is 0 Å². The van der Waals surface area contributed by atoms with E-state index in [4.69, 9.17) is 0 Å². The van der Waals surface area contributed by atoms with Crippen molar-refractivity contribution >= 4 is 38.9 Å². The normalized spacial score (nSPS) is 14.6. The van der Waals surface area contributed by atoms with Crippen LogP contribution in [-0.4, -0.2) is 40.7 Å². The smallest absolute Gasteiger partial charge is 0.352 e. The van der Waals surface area contributed by atoms with Crippen LogP contribution in [0.25, 0.3) is 0 Å². The van der Waals surface area contributed by atoms with Crippen molar-refractivity contribution in [3.05, 3.63) is 67.7 Å². The van der Waals surface area contributed by atoms with Gasteiger partial charge in [0.1, 0.15) is 12.1 Å². The first-order chi connectivity index (χ1) is 13.1. The number of rotatable bonds is 4. The number of aromatic nitrogens is 3.